The first-order valence-corrected chi connectivity index (χ1v) is 12.3. The molecule has 0 saturated carbocycles. The third-order valence-electron chi connectivity index (χ3n) is 6.65. The SMILES string of the molecule is COc1ccc(C2C3=C(CC(C)(C)CC3=O)Nc3ccccc3N2C(=S)Nc2ccc(F)cc2)cc1. The summed E-state index contributed by atoms with van der Waals surface area (Å²) in [7, 11) is 1.63. The second-order valence-electron chi connectivity index (χ2n) is 9.96. The molecule has 0 aromatic heterocycles. The number of methoxy groups -OCH3 is 1. The summed E-state index contributed by atoms with van der Waals surface area (Å²) in [5, 5.41) is 7.25. The van der Waals surface area contributed by atoms with Crippen LogP contribution in [0.5, 0.6) is 5.75 Å². The highest BCUT2D eigenvalue weighted by Gasteiger charge is 2.42. The fourth-order valence-electron chi connectivity index (χ4n) is 5.03. The summed E-state index contributed by atoms with van der Waals surface area (Å²) >= 11 is 5.96. The highest BCUT2D eigenvalue weighted by atomic mass is 32.1. The second-order valence-corrected chi connectivity index (χ2v) is 10.3. The summed E-state index contributed by atoms with van der Waals surface area (Å²) in [5.74, 6) is 0.504. The van der Waals surface area contributed by atoms with E-state index in [1.807, 2.05) is 53.4 Å². The summed E-state index contributed by atoms with van der Waals surface area (Å²) in [6.45, 7) is 4.24. The molecule has 0 fully saturated rings. The smallest absolute Gasteiger partial charge is 0.178 e. The van der Waals surface area contributed by atoms with E-state index in [1.165, 1.54) is 12.1 Å². The molecule has 0 amide bonds. The molecule has 3 aromatic rings. The Labute approximate surface area is 216 Å². The zero-order chi connectivity index (χ0) is 25.4. The molecule has 1 atom stereocenters. The van der Waals surface area contributed by atoms with Gasteiger partial charge in [0.05, 0.1) is 24.5 Å². The first kappa shape index (κ1) is 24.0. The number of allylic oxidation sites excluding steroid dienone is 1. The van der Waals surface area contributed by atoms with E-state index in [1.54, 1.807) is 19.2 Å². The molecule has 0 radical (unpaired) electrons. The number of anilines is 3. The molecule has 1 heterocycles. The van der Waals surface area contributed by atoms with E-state index < -0.39 is 6.04 Å². The van der Waals surface area contributed by atoms with Crippen LogP contribution in [0.4, 0.5) is 21.5 Å². The molecular weight excluding hydrogens is 473 g/mol. The standard InChI is InChI=1S/C29H28FN3O2S/c1-29(2)16-23-26(25(34)17-29)27(18-8-14-21(35-3)15-9-18)33(24-7-5-4-6-22(24)32-23)28(36)31-20-12-10-19(30)11-13-20/h4-15,27,32H,16-17H2,1-3H3,(H,31,36). The van der Waals surface area contributed by atoms with Gasteiger partial charge in [0.25, 0.3) is 0 Å². The Hall–Kier alpha value is -3.71. The van der Waals surface area contributed by atoms with Gasteiger partial charge in [-0.1, -0.05) is 38.1 Å². The normalized spacial score (nSPS) is 18.5. The van der Waals surface area contributed by atoms with Gasteiger partial charge in [-0.2, -0.15) is 0 Å². The maximum absolute atomic E-state index is 13.8. The maximum atomic E-state index is 13.8. The van der Waals surface area contributed by atoms with Crippen molar-refractivity contribution in [3.8, 4) is 5.75 Å². The number of nitrogens with zero attached hydrogens (tertiary/aromatic N) is 1. The van der Waals surface area contributed by atoms with Crippen LogP contribution in [0.2, 0.25) is 0 Å². The van der Waals surface area contributed by atoms with E-state index in [9.17, 15) is 9.18 Å². The average Bonchev–Trinajstić information content (AvgIpc) is 2.99. The number of hydrogen-bond donors (Lipinski definition) is 2. The number of fused-ring (bicyclic) bond motifs is 1. The molecule has 0 bridgehead atoms. The number of carbonyl (C=O) groups is 1. The molecule has 2 aliphatic rings. The van der Waals surface area contributed by atoms with Gasteiger partial charge in [-0.3, -0.25) is 4.79 Å². The fraction of sp³-hybridized carbons (Fsp3) is 0.241. The number of carbonyl (C=O) groups excluding carboxylic acids is 1. The molecule has 36 heavy (non-hydrogen) atoms. The van der Waals surface area contributed by atoms with Crippen molar-refractivity contribution in [1.29, 1.82) is 0 Å². The maximum Gasteiger partial charge on any atom is 0.178 e. The van der Waals surface area contributed by atoms with E-state index in [0.29, 0.717) is 22.8 Å². The second kappa shape index (κ2) is 9.39. The Balaban J connectivity index is 1.70. The monoisotopic (exact) mass is 501 g/mol. The zero-order valence-electron chi connectivity index (χ0n) is 20.5. The van der Waals surface area contributed by atoms with Gasteiger partial charge in [-0.15, -0.1) is 0 Å². The van der Waals surface area contributed by atoms with Gasteiger partial charge in [-0.05, 0) is 78.1 Å². The number of Topliss-reactive ketones (excluding diaryl/α,β-unsaturated/α-hetero) is 1. The first-order chi connectivity index (χ1) is 17.3. The fourth-order valence-corrected chi connectivity index (χ4v) is 5.35. The minimum Gasteiger partial charge on any atom is -0.497 e. The van der Waals surface area contributed by atoms with Crippen LogP contribution in [0, 0.1) is 11.2 Å². The topological polar surface area (TPSA) is 53.6 Å². The van der Waals surface area contributed by atoms with E-state index in [2.05, 4.69) is 24.5 Å². The van der Waals surface area contributed by atoms with Gasteiger partial charge < -0.3 is 20.3 Å². The number of nitrogens with one attached hydrogen (secondary N) is 2. The minimum absolute atomic E-state index is 0.0944. The van der Waals surface area contributed by atoms with Gasteiger partial charge in [0.15, 0.2) is 10.9 Å². The molecule has 0 saturated heterocycles. The molecule has 2 N–H and O–H groups in total. The van der Waals surface area contributed by atoms with Gasteiger partial charge in [0.1, 0.15) is 11.6 Å². The number of para-hydroxylation sites is 2. The van der Waals surface area contributed by atoms with Crippen molar-refractivity contribution in [2.45, 2.75) is 32.7 Å². The molecule has 3 aromatic carbocycles. The van der Waals surface area contributed by atoms with Crippen molar-refractivity contribution < 1.29 is 13.9 Å². The average molecular weight is 502 g/mol. The van der Waals surface area contributed by atoms with Gasteiger partial charge in [0, 0.05) is 23.4 Å². The first-order valence-electron chi connectivity index (χ1n) is 11.9. The van der Waals surface area contributed by atoms with Crippen molar-refractivity contribution in [2.24, 2.45) is 5.41 Å². The van der Waals surface area contributed by atoms with Crippen LogP contribution >= 0.6 is 12.2 Å². The lowest BCUT2D eigenvalue weighted by molar-refractivity contribution is -0.118. The van der Waals surface area contributed by atoms with Crippen molar-refractivity contribution in [3.63, 3.8) is 0 Å². The van der Waals surface area contributed by atoms with E-state index >= 15 is 0 Å². The minimum atomic E-state index is -0.467. The Morgan fingerprint density at radius 2 is 1.75 bits per heavy atom. The van der Waals surface area contributed by atoms with Gasteiger partial charge in [0.2, 0.25) is 0 Å². The predicted molar refractivity (Wildman–Crippen MR) is 146 cm³/mol. The van der Waals surface area contributed by atoms with Crippen LogP contribution < -0.4 is 20.3 Å². The van der Waals surface area contributed by atoms with Crippen LogP contribution in [-0.4, -0.2) is 18.0 Å². The van der Waals surface area contributed by atoms with Crippen LogP contribution in [0.15, 0.2) is 84.1 Å². The molecular formula is C29H28FN3O2S. The molecule has 1 aliphatic heterocycles. The number of ether oxygens (including phenoxy) is 1. The van der Waals surface area contributed by atoms with Gasteiger partial charge >= 0.3 is 0 Å². The van der Waals surface area contributed by atoms with E-state index in [4.69, 9.17) is 17.0 Å². The molecule has 1 unspecified atom stereocenters. The number of ketones is 1. The molecule has 0 spiro atoms. The van der Waals surface area contributed by atoms with Gasteiger partial charge in [-0.25, -0.2) is 4.39 Å². The highest BCUT2D eigenvalue weighted by molar-refractivity contribution is 7.80. The molecule has 5 rings (SSSR count). The van der Waals surface area contributed by atoms with E-state index in [0.717, 1.165) is 34.8 Å². The molecule has 7 heteroatoms. The number of hydrogen-bond acceptors (Lipinski definition) is 4. The van der Waals surface area contributed by atoms with Crippen LogP contribution in [0.3, 0.4) is 0 Å². The van der Waals surface area contributed by atoms with Crippen LogP contribution in [0.25, 0.3) is 0 Å². The lowest BCUT2D eigenvalue weighted by Gasteiger charge is -2.38. The van der Waals surface area contributed by atoms with Crippen LogP contribution in [0.1, 0.15) is 38.3 Å². The molecule has 1 aliphatic carbocycles. The number of rotatable bonds is 3. The predicted octanol–water partition coefficient (Wildman–Crippen LogP) is 6.85. The lowest BCUT2D eigenvalue weighted by Crippen LogP contribution is -2.41. The Kier molecular flexibility index (Phi) is 6.26. The Bertz CT molecular complexity index is 1350. The number of thiocarbonyl (C=S) groups is 1. The van der Waals surface area contributed by atoms with Crippen molar-refractivity contribution >= 4 is 40.2 Å². The molecule has 184 valence electrons. The quantitative estimate of drug-likeness (QED) is 0.383. The Morgan fingerprint density at radius 3 is 2.44 bits per heavy atom. The van der Waals surface area contributed by atoms with Crippen LogP contribution in [-0.2, 0) is 4.79 Å². The summed E-state index contributed by atoms with van der Waals surface area (Å²) in [6, 6.07) is 21.2. The third-order valence-corrected chi connectivity index (χ3v) is 6.95. The van der Waals surface area contributed by atoms with E-state index in [-0.39, 0.29) is 17.0 Å². The summed E-state index contributed by atoms with van der Waals surface area (Å²) in [5.41, 5.74) is 4.75. The summed E-state index contributed by atoms with van der Waals surface area (Å²) in [6.07, 6.45) is 1.18. The van der Waals surface area contributed by atoms with Crippen molar-refractivity contribution in [2.75, 3.05) is 22.6 Å². The summed E-state index contributed by atoms with van der Waals surface area (Å²) in [4.78, 5) is 15.8. The van der Waals surface area contributed by atoms with Crippen molar-refractivity contribution in [1.82, 2.24) is 0 Å². The number of halogens is 1. The zero-order valence-corrected chi connectivity index (χ0v) is 21.3. The number of benzene rings is 3. The Morgan fingerprint density at radius 1 is 1.06 bits per heavy atom. The van der Waals surface area contributed by atoms with Crippen molar-refractivity contribution in [3.05, 3.63) is 95.4 Å². The third kappa shape index (κ3) is 4.58. The molecule has 5 nitrogen and oxygen atoms in total. The lowest BCUT2D eigenvalue weighted by atomic mass is 9.73. The largest absolute Gasteiger partial charge is 0.497 e. The summed E-state index contributed by atoms with van der Waals surface area (Å²) < 4.78 is 18.9. The highest BCUT2D eigenvalue weighted by Crippen LogP contribution is 2.48.